The lowest BCUT2D eigenvalue weighted by Crippen LogP contribution is -2.23. The molecule has 2 aromatic rings. The Morgan fingerprint density at radius 2 is 2.05 bits per heavy atom. The third-order valence-electron chi connectivity index (χ3n) is 4.08. The third-order valence-corrected chi connectivity index (χ3v) is 4.08. The maximum atomic E-state index is 12.9. The summed E-state index contributed by atoms with van der Waals surface area (Å²) in [7, 11) is 0. The Morgan fingerprint density at radius 1 is 1.18 bits per heavy atom. The second-order valence-corrected chi connectivity index (χ2v) is 5.36. The molecule has 0 saturated carbocycles. The molecular formula is C18H13NO3. The molecule has 2 aliphatic carbocycles. The van der Waals surface area contributed by atoms with Crippen LogP contribution in [0.4, 0.5) is 0 Å². The molecule has 0 fully saturated rings. The van der Waals surface area contributed by atoms with E-state index in [4.69, 9.17) is 4.42 Å². The lowest BCUT2D eigenvalue weighted by Gasteiger charge is -2.25. The summed E-state index contributed by atoms with van der Waals surface area (Å²) >= 11 is 0. The highest BCUT2D eigenvalue weighted by Gasteiger charge is 2.29. The molecule has 0 saturated heterocycles. The highest BCUT2D eigenvalue weighted by Crippen LogP contribution is 2.37. The molecule has 22 heavy (non-hydrogen) atoms. The average molecular weight is 291 g/mol. The normalized spacial score (nSPS) is 21.5. The molecular weight excluding hydrogens is 278 g/mol. The minimum absolute atomic E-state index is 0.0308. The van der Waals surface area contributed by atoms with Crippen molar-refractivity contribution < 1.29 is 9.52 Å². The Morgan fingerprint density at radius 3 is 2.91 bits per heavy atom. The monoisotopic (exact) mass is 291 g/mol. The molecule has 2 aliphatic rings. The highest BCUT2D eigenvalue weighted by atomic mass is 16.3. The minimum atomic E-state index is -0.144. The van der Waals surface area contributed by atoms with E-state index in [2.05, 4.69) is 11.1 Å². The summed E-state index contributed by atoms with van der Waals surface area (Å²) in [5, 5.41) is 9.94. The van der Waals surface area contributed by atoms with Gasteiger partial charge in [0.25, 0.3) is 0 Å². The first-order valence-electron chi connectivity index (χ1n) is 7.09. The summed E-state index contributed by atoms with van der Waals surface area (Å²) < 4.78 is 5.62. The van der Waals surface area contributed by atoms with Crippen molar-refractivity contribution in [3.05, 3.63) is 76.5 Å². The molecule has 0 amide bonds. The van der Waals surface area contributed by atoms with Gasteiger partial charge in [0.15, 0.2) is 5.43 Å². The number of nitrogens with zero attached hydrogens (tertiary/aromatic N) is 1. The van der Waals surface area contributed by atoms with E-state index in [1.54, 1.807) is 12.3 Å². The SMILES string of the molecule is O=c1c(-c2ncccc2O)coc2c1C1C=CC=CC1C=C2. The first-order chi connectivity index (χ1) is 10.8. The lowest BCUT2D eigenvalue weighted by molar-refractivity contribution is 0.473. The summed E-state index contributed by atoms with van der Waals surface area (Å²) in [5.41, 5.74) is 1.01. The molecule has 108 valence electrons. The topological polar surface area (TPSA) is 63.3 Å². The standard InChI is InChI=1S/C18H13NO3/c20-14-6-3-9-19-17(14)13-10-22-15-8-7-11-4-1-2-5-12(11)16(15)18(13)21/h1-12,20H. The van der Waals surface area contributed by atoms with Crippen LogP contribution in [-0.2, 0) is 0 Å². The van der Waals surface area contributed by atoms with Gasteiger partial charge in [-0.15, -0.1) is 0 Å². The predicted molar refractivity (Wildman–Crippen MR) is 83.4 cm³/mol. The molecule has 4 heteroatoms. The van der Waals surface area contributed by atoms with Crippen molar-refractivity contribution >= 4 is 6.08 Å². The van der Waals surface area contributed by atoms with E-state index in [1.165, 1.54) is 12.3 Å². The number of allylic oxidation sites excluding steroid dienone is 5. The molecule has 2 heterocycles. The average Bonchev–Trinajstić information content (AvgIpc) is 2.56. The Balaban J connectivity index is 1.95. The van der Waals surface area contributed by atoms with E-state index < -0.39 is 0 Å². The van der Waals surface area contributed by atoms with Crippen molar-refractivity contribution in [3.8, 4) is 17.0 Å². The van der Waals surface area contributed by atoms with Gasteiger partial charge in [0, 0.05) is 18.0 Å². The second kappa shape index (κ2) is 4.84. The van der Waals surface area contributed by atoms with Gasteiger partial charge in [-0.2, -0.15) is 0 Å². The largest absolute Gasteiger partial charge is 0.506 e. The van der Waals surface area contributed by atoms with Crippen LogP contribution < -0.4 is 5.43 Å². The Bertz CT molecular complexity index is 889. The summed E-state index contributed by atoms with van der Waals surface area (Å²) in [4.78, 5) is 17.0. The molecule has 1 N–H and O–H groups in total. The van der Waals surface area contributed by atoms with E-state index in [0.717, 1.165) is 0 Å². The zero-order valence-electron chi connectivity index (χ0n) is 11.6. The molecule has 0 radical (unpaired) electrons. The van der Waals surface area contributed by atoms with Gasteiger partial charge in [-0.25, -0.2) is 0 Å². The molecule has 0 spiro atoms. The number of rotatable bonds is 1. The van der Waals surface area contributed by atoms with E-state index in [-0.39, 0.29) is 34.3 Å². The van der Waals surface area contributed by atoms with Gasteiger partial charge < -0.3 is 9.52 Å². The van der Waals surface area contributed by atoms with Gasteiger partial charge in [0.05, 0.1) is 11.1 Å². The molecule has 0 aromatic carbocycles. The number of hydrogen-bond donors (Lipinski definition) is 1. The lowest BCUT2D eigenvalue weighted by atomic mass is 9.78. The molecule has 2 atom stereocenters. The van der Waals surface area contributed by atoms with Crippen LogP contribution in [0.15, 0.2) is 64.2 Å². The van der Waals surface area contributed by atoms with Gasteiger partial charge in [0.2, 0.25) is 0 Å². The van der Waals surface area contributed by atoms with E-state index in [9.17, 15) is 9.90 Å². The van der Waals surface area contributed by atoms with Crippen molar-refractivity contribution in [2.24, 2.45) is 5.92 Å². The Kier molecular flexibility index (Phi) is 2.82. The fourth-order valence-electron chi connectivity index (χ4n) is 3.00. The van der Waals surface area contributed by atoms with Crippen molar-refractivity contribution in [2.75, 3.05) is 0 Å². The fourth-order valence-corrected chi connectivity index (χ4v) is 3.00. The van der Waals surface area contributed by atoms with Gasteiger partial charge >= 0.3 is 0 Å². The van der Waals surface area contributed by atoms with Crippen LogP contribution in [0.2, 0.25) is 0 Å². The minimum Gasteiger partial charge on any atom is -0.506 e. The van der Waals surface area contributed by atoms with Crippen LogP contribution in [0.3, 0.4) is 0 Å². The van der Waals surface area contributed by atoms with Gasteiger partial charge in [-0.1, -0.05) is 30.4 Å². The van der Waals surface area contributed by atoms with Crippen molar-refractivity contribution in [1.29, 1.82) is 0 Å². The third kappa shape index (κ3) is 1.84. The number of pyridine rings is 1. The van der Waals surface area contributed by atoms with E-state index in [0.29, 0.717) is 11.3 Å². The van der Waals surface area contributed by atoms with E-state index >= 15 is 0 Å². The smallest absolute Gasteiger partial charge is 0.198 e. The number of hydrogen-bond acceptors (Lipinski definition) is 4. The maximum Gasteiger partial charge on any atom is 0.198 e. The molecule has 2 unspecified atom stereocenters. The van der Waals surface area contributed by atoms with Crippen molar-refractivity contribution in [3.63, 3.8) is 0 Å². The molecule has 0 bridgehead atoms. The van der Waals surface area contributed by atoms with Crippen molar-refractivity contribution in [2.45, 2.75) is 5.92 Å². The second-order valence-electron chi connectivity index (χ2n) is 5.36. The van der Waals surface area contributed by atoms with Crippen LogP contribution in [-0.4, -0.2) is 10.1 Å². The molecule has 0 aliphatic heterocycles. The summed E-state index contributed by atoms with van der Waals surface area (Å²) in [5.74, 6) is 0.669. The summed E-state index contributed by atoms with van der Waals surface area (Å²) in [6.45, 7) is 0. The quantitative estimate of drug-likeness (QED) is 0.876. The van der Waals surface area contributed by atoms with Gasteiger partial charge in [-0.3, -0.25) is 9.78 Å². The van der Waals surface area contributed by atoms with Gasteiger partial charge in [-0.05, 0) is 18.2 Å². The number of fused-ring (bicyclic) bond motifs is 3. The van der Waals surface area contributed by atoms with Crippen LogP contribution in [0.1, 0.15) is 17.2 Å². The molecule has 2 aromatic heterocycles. The maximum absolute atomic E-state index is 12.9. The van der Waals surface area contributed by atoms with Crippen LogP contribution in [0.5, 0.6) is 5.75 Å². The first-order valence-corrected chi connectivity index (χ1v) is 7.09. The first kappa shape index (κ1) is 12.8. The Labute approximate surface area is 126 Å². The van der Waals surface area contributed by atoms with Crippen LogP contribution in [0, 0.1) is 5.92 Å². The van der Waals surface area contributed by atoms with Gasteiger partial charge in [0.1, 0.15) is 23.5 Å². The zero-order chi connectivity index (χ0) is 15.1. The number of aromatic hydroxyl groups is 1. The predicted octanol–water partition coefficient (Wildman–Crippen LogP) is 3.26. The zero-order valence-corrected chi connectivity index (χ0v) is 11.6. The molecule has 4 rings (SSSR count). The van der Waals surface area contributed by atoms with Crippen LogP contribution >= 0.6 is 0 Å². The Hall–Kier alpha value is -2.88. The van der Waals surface area contributed by atoms with Crippen molar-refractivity contribution in [1.82, 2.24) is 4.98 Å². The molecule has 4 nitrogen and oxygen atoms in total. The number of aromatic nitrogens is 1. The summed E-state index contributed by atoms with van der Waals surface area (Å²) in [6, 6.07) is 3.12. The fraction of sp³-hybridized carbons (Fsp3) is 0.111. The van der Waals surface area contributed by atoms with E-state index in [1.807, 2.05) is 30.4 Å². The highest BCUT2D eigenvalue weighted by molar-refractivity contribution is 5.68. The van der Waals surface area contributed by atoms with Crippen LogP contribution in [0.25, 0.3) is 17.3 Å². The summed E-state index contributed by atoms with van der Waals surface area (Å²) in [6.07, 6.45) is 14.8.